The summed E-state index contributed by atoms with van der Waals surface area (Å²) < 4.78 is 5.40. The Hall–Kier alpha value is -2.40. The minimum absolute atomic E-state index is 0.117. The minimum atomic E-state index is -0.117. The second-order valence-electron chi connectivity index (χ2n) is 8.34. The summed E-state index contributed by atoms with van der Waals surface area (Å²) in [5, 5.41) is 7.35. The van der Waals surface area contributed by atoms with Crippen molar-refractivity contribution in [2.45, 2.75) is 56.9 Å². The summed E-state index contributed by atoms with van der Waals surface area (Å²) in [7, 11) is 0. The number of nitrogens with one attached hydrogen (secondary N) is 1. The Balaban J connectivity index is 1.30. The predicted octanol–water partition coefficient (Wildman–Crippen LogP) is 4.63. The Bertz CT molecular complexity index is 809. The highest BCUT2D eigenvalue weighted by Crippen LogP contribution is 2.27. The van der Waals surface area contributed by atoms with Crippen LogP contribution in [-0.2, 0) is 0 Å². The highest BCUT2D eigenvalue weighted by atomic mass is 16.5. The smallest absolute Gasteiger partial charge is 0.290 e. The summed E-state index contributed by atoms with van der Waals surface area (Å²) in [6, 6.07) is 12.5. The van der Waals surface area contributed by atoms with E-state index in [2.05, 4.69) is 51.8 Å². The van der Waals surface area contributed by atoms with Crippen molar-refractivity contribution < 1.29 is 9.32 Å². The molecule has 0 unspecified atom stereocenters. The molecule has 2 fully saturated rings. The van der Waals surface area contributed by atoms with Gasteiger partial charge in [0.1, 0.15) is 0 Å². The van der Waals surface area contributed by atoms with E-state index in [9.17, 15) is 4.79 Å². The van der Waals surface area contributed by atoms with Crippen molar-refractivity contribution >= 4 is 12.0 Å². The molecule has 0 bridgehead atoms. The van der Waals surface area contributed by atoms with Gasteiger partial charge in [0.05, 0.1) is 5.69 Å². The maximum absolute atomic E-state index is 12.5. The molecule has 1 atom stereocenters. The molecule has 1 aliphatic heterocycles. The van der Waals surface area contributed by atoms with Crippen molar-refractivity contribution in [3.05, 3.63) is 59.5 Å². The number of piperidine rings is 1. The number of hydrogen-bond acceptors (Lipinski definition) is 4. The van der Waals surface area contributed by atoms with E-state index in [4.69, 9.17) is 4.52 Å². The SMILES string of the molecule is O=C(NC1CCCCC1)c1cc([C@@H]2CCCN(C/C=C/c3ccccc3)C2)no1. The van der Waals surface area contributed by atoms with Gasteiger partial charge in [-0.2, -0.15) is 0 Å². The molecule has 2 aromatic rings. The lowest BCUT2D eigenvalue weighted by molar-refractivity contribution is 0.0890. The normalized spacial score (nSPS) is 21.4. The number of nitrogens with zero attached hydrogens (tertiary/aromatic N) is 2. The van der Waals surface area contributed by atoms with E-state index >= 15 is 0 Å². The number of aromatic nitrogens is 1. The van der Waals surface area contributed by atoms with Gasteiger partial charge in [0.25, 0.3) is 5.91 Å². The average molecular weight is 394 g/mol. The molecule has 1 aromatic carbocycles. The van der Waals surface area contributed by atoms with Crippen LogP contribution in [0.2, 0.25) is 0 Å². The van der Waals surface area contributed by atoms with E-state index in [0.717, 1.165) is 51.0 Å². The Kier molecular flexibility index (Phi) is 6.78. The first-order valence-electron chi connectivity index (χ1n) is 11.0. The fraction of sp³-hybridized carbons (Fsp3) is 0.500. The molecule has 1 saturated heterocycles. The Morgan fingerprint density at radius 1 is 1.14 bits per heavy atom. The first-order valence-corrected chi connectivity index (χ1v) is 11.0. The largest absolute Gasteiger partial charge is 0.351 e. The second kappa shape index (κ2) is 9.88. The molecule has 0 radical (unpaired) electrons. The van der Waals surface area contributed by atoms with Gasteiger partial charge in [0, 0.05) is 31.1 Å². The first-order chi connectivity index (χ1) is 14.3. The van der Waals surface area contributed by atoms with Gasteiger partial charge in [0.2, 0.25) is 5.76 Å². The minimum Gasteiger partial charge on any atom is -0.351 e. The van der Waals surface area contributed by atoms with E-state index in [1.54, 1.807) is 0 Å². The summed E-state index contributed by atoms with van der Waals surface area (Å²) in [5.41, 5.74) is 2.14. The lowest BCUT2D eigenvalue weighted by Crippen LogP contribution is -2.36. The fourth-order valence-corrected chi connectivity index (χ4v) is 4.46. The maximum Gasteiger partial charge on any atom is 0.290 e. The van der Waals surface area contributed by atoms with Crippen molar-refractivity contribution in [3.63, 3.8) is 0 Å². The second-order valence-corrected chi connectivity index (χ2v) is 8.34. The zero-order valence-corrected chi connectivity index (χ0v) is 17.1. The van der Waals surface area contributed by atoms with Crippen LogP contribution in [0.3, 0.4) is 0 Å². The Morgan fingerprint density at radius 3 is 2.79 bits per heavy atom. The van der Waals surface area contributed by atoms with Crippen LogP contribution in [0.4, 0.5) is 0 Å². The molecule has 1 aliphatic carbocycles. The molecule has 154 valence electrons. The summed E-state index contributed by atoms with van der Waals surface area (Å²) in [5.74, 6) is 0.564. The standard InChI is InChI=1S/C24H31N3O2/c28-24(25-21-13-5-2-6-14-21)23-17-22(26-29-23)20-12-8-16-27(18-20)15-7-11-19-9-3-1-4-10-19/h1,3-4,7,9-11,17,20-21H,2,5-6,8,12-16,18H2,(H,25,28)/b11-7+/t20-/m1/s1. The Morgan fingerprint density at radius 2 is 1.97 bits per heavy atom. The molecule has 1 N–H and O–H groups in total. The van der Waals surface area contributed by atoms with Gasteiger partial charge >= 0.3 is 0 Å². The van der Waals surface area contributed by atoms with Crippen LogP contribution in [0, 0.1) is 0 Å². The number of carbonyl (C=O) groups excluding carboxylic acids is 1. The van der Waals surface area contributed by atoms with E-state index in [0.29, 0.717) is 11.7 Å². The molecular formula is C24H31N3O2. The van der Waals surface area contributed by atoms with Crippen molar-refractivity contribution in [1.82, 2.24) is 15.4 Å². The molecule has 1 amide bonds. The van der Waals surface area contributed by atoms with E-state index < -0.39 is 0 Å². The zero-order chi connectivity index (χ0) is 19.9. The molecule has 0 spiro atoms. The molecule has 2 aliphatic rings. The van der Waals surface area contributed by atoms with Crippen LogP contribution < -0.4 is 5.32 Å². The number of carbonyl (C=O) groups is 1. The van der Waals surface area contributed by atoms with Gasteiger partial charge < -0.3 is 9.84 Å². The number of likely N-dealkylation sites (tertiary alicyclic amines) is 1. The van der Waals surface area contributed by atoms with Gasteiger partial charge in [-0.25, -0.2) is 0 Å². The van der Waals surface area contributed by atoms with Crippen LogP contribution in [0.5, 0.6) is 0 Å². The number of amides is 1. The summed E-state index contributed by atoms with van der Waals surface area (Å²) in [6.07, 6.45) is 12.4. The molecule has 5 heteroatoms. The predicted molar refractivity (Wildman–Crippen MR) is 115 cm³/mol. The van der Waals surface area contributed by atoms with Crippen molar-refractivity contribution in [3.8, 4) is 0 Å². The van der Waals surface area contributed by atoms with Crippen LogP contribution in [0.1, 0.15) is 72.7 Å². The van der Waals surface area contributed by atoms with Gasteiger partial charge in [-0.05, 0) is 37.8 Å². The lowest BCUT2D eigenvalue weighted by Gasteiger charge is -2.30. The van der Waals surface area contributed by atoms with Gasteiger partial charge in [-0.15, -0.1) is 0 Å². The molecule has 5 nitrogen and oxygen atoms in total. The van der Waals surface area contributed by atoms with Crippen LogP contribution >= 0.6 is 0 Å². The molecule has 2 heterocycles. The van der Waals surface area contributed by atoms with E-state index in [1.165, 1.54) is 24.8 Å². The molecule has 1 aromatic heterocycles. The summed E-state index contributed by atoms with van der Waals surface area (Å²) in [6.45, 7) is 2.98. The van der Waals surface area contributed by atoms with Gasteiger partial charge in [0.15, 0.2) is 0 Å². The molecule has 1 saturated carbocycles. The fourth-order valence-electron chi connectivity index (χ4n) is 4.46. The van der Waals surface area contributed by atoms with E-state index in [1.807, 2.05) is 12.1 Å². The van der Waals surface area contributed by atoms with Crippen LogP contribution in [0.25, 0.3) is 6.08 Å². The third-order valence-electron chi connectivity index (χ3n) is 6.09. The monoisotopic (exact) mass is 393 g/mol. The van der Waals surface area contributed by atoms with Crippen LogP contribution in [0.15, 0.2) is 47.0 Å². The highest BCUT2D eigenvalue weighted by Gasteiger charge is 2.26. The molecular weight excluding hydrogens is 362 g/mol. The molecule has 29 heavy (non-hydrogen) atoms. The quantitative estimate of drug-likeness (QED) is 0.777. The lowest BCUT2D eigenvalue weighted by atomic mass is 9.94. The first kappa shape index (κ1) is 19.9. The van der Waals surface area contributed by atoms with Crippen molar-refractivity contribution in [1.29, 1.82) is 0 Å². The number of benzene rings is 1. The average Bonchev–Trinajstić information content (AvgIpc) is 3.26. The van der Waals surface area contributed by atoms with Gasteiger partial charge in [-0.1, -0.05) is 66.9 Å². The van der Waals surface area contributed by atoms with E-state index in [-0.39, 0.29) is 11.9 Å². The zero-order valence-electron chi connectivity index (χ0n) is 17.1. The summed E-state index contributed by atoms with van der Waals surface area (Å²) >= 11 is 0. The van der Waals surface area contributed by atoms with Crippen molar-refractivity contribution in [2.24, 2.45) is 0 Å². The topological polar surface area (TPSA) is 58.4 Å². The van der Waals surface area contributed by atoms with Crippen LogP contribution in [-0.4, -0.2) is 41.6 Å². The third kappa shape index (κ3) is 5.57. The van der Waals surface area contributed by atoms with Crippen molar-refractivity contribution in [2.75, 3.05) is 19.6 Å². The van der Waals surface area contributed by atoms with Gasteiger partial charge in [-0.3, -0.25) is 9.69 Å². The third-order valence-corrected chi connectivity index (χ3v) is 6.09. The number of rotatable bonds is 6. The Labute approximate surface area is 173 Å². The maximum atomic E-state index is 12.5. The summed E-state index contributed by atoms with van der Waals surface area (Å²) in [4.78, 5) is 14.9. The number of hydrogen-bond donors (Lipinski definition) is 1. The highest BCUT2D eigenvalue weighted by molar-refractivity contribution is 5.91. The molecule has 4 rings (SSSR count).